The van der Waals surface area contributed by atoms with Crippen LogP contribution in [0.5, 0.6) is 0 Å². The number of hydrogen-bond acceptors (Lipinski definition) is 4. The summed E-state index contributed by atoms with van der Waals surface area (Å²) in [6, 6.07) is 4.36. The number of morpholine rings is 1. The first-order chi connectivity index (χ1) is 11.7. The predicted octanol–water partition coefficient (Wildman–Crippen LogP) is 2.07. The van der Waals surface area contributed by atoms with E-state index in [4.69, 9.17) is 4.74 Å². The van der Waals surface area contributed by atoms with Gasteiger partial charge in [0.15, 0.2) is 0 Å². The molecule has 0 N–H and O–H groups in total. The molecule has 5 heteroatoms. The van der Waals surface area contributed by atoms with Crippen molar-refractivity contribution < 1.29 is 9.53 Å². The maximum absolute atomic E-state index is 12.3. The van der Waals surface area contributed by atoms with E-state index in [0.717, 1.165) is 44.9 Å². The maximum atomic E-state index is 12.3. The highest BCUT2D eigenvalue weighted by Crippen LogP contribution is 2.38. The van der Waals surface area contributed by atoms with E-state index in [1.807, 2.05) is 12.4 Å². The van der Waals surface area contributed by atoms with Crippen molar-refractivity contribution in [3.63, 3.8) is 0 Å². The van der Waals surface area contributed by atoms with Gasteiger partial charge in [-0.05, 0) is 56.2 Å². The van der Waals surface area contributed by atoms with Gasteiger partial charge in [-0.3, -0.25) is 14.7 Å². The molecule has 1 atom stereocenters. The molecule has 1 spiro atoms. The van der Waals surface area contributed by atoms with Gasteiger partial charge in [0.05, 0.1) is 11.6 Å². The molecule has 1 aliphatic carbocycles. The SMILES string of the molecule is CC1N(CC2CC2)C(=O)COC12CCN(Cc1ccncc1)CC2. The average molecular weight is 329 g/mol. The van der Waals surface area contributed by atoms with Crippen molar-refractivity contribution in [2.75, 3.05) is 26.2 Å². The Morgan fingerprint density at radius 1 is 1.25 bits per heavy atom. The standard InChI is InChI=1S/C19H27N3O2/c1-15-19(24-14-18(23)22(15)13-16-2-3-16)6-10-21(11-7-19)12-17-4-8-20-9-5-17/h4-5,8-9,15-16H,2-3,6-7,10-14H2,1H3. The van der Waals surface area contributed by atoms with Crippen molar-refractivity contribution in [3.8, 4) is 0 Å². The van der Waals surface area contributed by atoms with Gasteiger partial charge in [0.1, 0.15) is 6.61 Å². The summed E-state index contributed by atoms with van der Waals surface area (Å²) in [5.41, 5.74) is 1.17. The van der Waals surface area contributed by atoms with Gasteiger partial charge >= 0.3 is 0 Å². The fourth-order valence-corrected chi connectivity index (χ4v) is 4.15. The molecule has 0 radical (unpaired) electrons. The highest BCUT2D eigenvalue weighted by molar-refractivity contribution is 5.78. The summed E-state index contributed by atoms with van der Waals surface area (Å²) in [7, 11) is 0. The van der Waals surface area contributed by atoms with E-state index in [1.54, 1.807) is 0 Å². The summed E-state index contributed by atoms with van der Waals surface area (Å²) in [5.74, 6) is 0.914. The van der Waals surface area contributed by atoms with Crippen LogP contribution in [-0.4, -0.2) is 58.6 Å². The van der Waals surface area contributed by atoms with Crippen molar-refractivity contribution >= 4 is 5.91 Å². The quantitative estimate of drug-likeness (QED) is 0.848. The van der Waals surface area contributed by atoms with E-state index in [2.05, 4.69) is 33.8 Å². The molecule has 5 nitrogen and oxygen atoms in total. The number of carbonyl (C=O) groups is 1. The zero-order valence-electron chi connectivity index (χ0n) is 14.5. The number of nitrogens with zero attached hydrogens (tertiary/aromatic N) is 3. The van der Waals surface area contributed by atoms with Crippen LogP contribution in [0.2, 0.25) is 0 Å². The molecule has 3 aliphatic rings. The minimum absolute atomic E-state index is 0.141. The molecule has 1 saturated carbocycles. The summed E-state index contributed by atoms with van der Waals surface area (Å²) >= 11 is 0. The second-order valence-corrected chi connectivity index (χ2v) is 7.65. The van der Waals surface area contributed by atoms with Crippen molar-refractivity contribution in [2.45, 2.75) is 50.8 Å². The van der Waals surface area contributed by atoms with Crippen LogP contribution in [0.1, 0.15) is 38.2 Å². The summed E-state index contributed by atoms with van der Waals surface area (Å²) in [6.45, 7) is 6.42. The minimum atomic E-state index is -0.141. The van der Waals surface area contributed by atoms with E-state index in [1.165, 1.54) is 18.4 Å². The zero-order valence-corrected chi connectivity index (χ0v) is 14.5. The van der Waals surface area contributed by atoms with Crippen LogP contribution in [0.15, 0.2) is 24.5 Å². The lowest BCUT2D eigenvalue weighted by molar-refractivity contribution is -0.187. The third kappa shape index (κ3) is 3.20. The fourth-order valence-electron chi connectivity index (χ4n) is 4.15. The van der Waals surface area contributed by atoms with Gasteiger partial charge in [-0.25, -0.2) is 0 Å². The van der Waals surface area contributed by atoms with Crippen LogP contribution < -0.4 is 0 Å². The maximum Gasteiger partial charge on any atom is 0.248 e. The molecule has 1 amide bonds. The normalized spacial score (nSPS) is 27.6. The summed E-state index contributed by atoms with van der Waals surface area (Å²) in [4.78, 5) is 21.0. The minimum Gasteiger partial charge on any atom is -0.363 e. The van der Waals surface area contributed by atoms with Gasteiger partial charge in [-0.15, -0.1) is 0 Å². The number of likely N-dealkylation sites (tertiary alicyclic amines) is 1. The van der Waals surface area contributed by atoms with Crippen LogP contribution in [-0.2, 0) is 16.1 Å². The van der Waals surface area contributed by atoms with Gasteiger partial charge in [0.2, 0.25) is 5.91 Å². The molecular formula is C19H27N3O2. The highest BCUT2D eigenvalue weighted by Gasteiger charge is 2.48. The Labute approximate surface area is 144 Å². The number of aromatic nitrogens is 1. The fraction of sp³-hybridized carbons (Fsp3) is 0.684. The molecule has 1 unspecified atom stereocenters. The van der Waals surface area contributed by atoms with Gasteiger partial charge in [0, 0.05) is 38.6 Å². The molecule has 2 saturated heterocycles. The Morgan fingerprint density at radius 2 is 1.96 bits per heavy atom. The van der Waals surface area contributed by atoms with Crippen LogP contribution >= 0.6 is 0 Å². The monoisotopic (exact) mass is 329 g/mol. The number of amides is 1. The largest absolute Gasteiger partial charge is 0.363 e. The summed E-state index contributed by atoms with van der Waals surface area (Å²) in [5, 5.41) is 0. The Bertz CT molecular complexity index is 580. The average Bonchev–Trinajstić information content (AvgIpc) is 3.42. The first-order valence-corrected chi connectivity index (χ1v) is 9.21. The smallest absolute Gasteiger partial charge is 0.248 e. The van der Waals surface area contributed by atoms with Crippen molar-refractivity contribution in [1.29, 1.82) is 0 Å². The first-order valence-electron chi connectivity index (χ1n) is 9.21. The topological polar surface area (TPSA) is 45.7 Å². The van der Waals surface area contributed by atoms with E-state index < -0.39 is 0 Å². The lowest BCUT2D eigenvalue weighted by Crippen LogP contribution is -2.64. The van der Waals surface area contributed by atoms with Gasteiger partial charge in [-0.1, -0.05) is 0 Å². The third-order valence-corrected chi connectivity index (χ3v) is 6.04. The number of ether oxygens (including phenoxy) is 1. The molecule has 130 valence electrons. The molecule has 0 aromatic carbocycles. The van der Waals surface area contributed by atoms with E-state index in [0.29, 0.717) is 0 Å². The lowest BCUT2D eigenvalue weighted by atomic mass is 9.82. The molecule has 0 bridgehead atoms. The van der Waals surface area contributed by atoms with Crippen molar-refractivity contribution in [2.24, 2.45) is 5.92 Å². The van der Waals surface area contributed by atoms with Crippen LogP contribution in [0.4, 0.5) is 0 Å². The third-order valence-electron chi connectivity index (χ3n) is 6.04. The molecule has 2 aliphatic heterocycles. The second kappa shape index (κ2) is 6.45. The van der Waals surface area contributed by atoms with Gasteiger partial charge in [0.25, 0.3) is 0 Å². The Hall–Kier alpha value is -1.46. The van der Waals surface area contributed by atoms with Crippen LogP contribution in [0, 0.1) is 5.92 Å². The van der Waals surface area contributed by atoms with Crippen LogP contribution in [0.3, 0.4) is 0 Å². The molecular weight excluding hydrogens is 302 g/mol. The number of pyridine rings is 1. The molecule has 24 heavy (non-hydrogen) atoms. The van der Waals surface area contributed by atoms with Crippen molar-refractivity contribution in [1.82, 2.24) is 14.8 Å². The van der Waals surface area contributed by atoms with E-state index in [-0.39, 0.29) is 24.2 Å². The first kappa shape index (κ1) is 16.0. The van der Waals surface area contributed by atoms with Crippen molar-refractivity contribution in [3.05, 3.63) is 30.1 Å². The molecule has 4 rings (SSSR count). The molecule has 1 aromatic heterocycles. The highest BCUT2D eigenvalue weighted by atomic mass is 16.5. The van der Waals surface area contributed by atoms with E-state index in [9.17, 15) is 4.79 Å². The summed E-state index contributed by atoms with van der Waals surface area (Å²) in [6.07, 6.45) is 8.29. The molecule has 3 heterocycles. The number of piperidine rings is 1. The Kier molecular flexibility index (Phi) is 4.31. The second-order valence-electron chi connectivity index (χ2n) is 7.65. The van der Waals surface area contributed by atoms with Gasteiger partial charge < -0.3 is 9.64 Å². The van der Waals surface area contributed by atoms with E-state index >= 15 is 0 Å². The Morgan fingerprint density at radius 3 is 2.62 bits per heavy atom. The predicted molar refractivity (Wildman–Crippen MR) is 91.3 cm³/mol. The number of hydrogen-bond donors (Lipinski definition) is 0. The van der Waals surface area contributed by atoms with Crippen LogP contribution in [0.25, 0.3) is 0 Å². The Balaban J connectivity index is 1.38. The number of carbonyl (C=O) groups excluding carboxylic acids is 1. The summed E-state index contributed by atoms with van der Waals surface area (Å²) < 4.78 is 6.13. The van der Waals surface area contributed by atoms with Gasteiger partial charge in [-0.2, -0.15) is 0 Å². The zero-order chi connectivity index (χ0) is 16.6. The molecule has 1 aromatic rings. The lowest BCUT2D eigenvalue weighted by Gasteiger charge is -2.51. The number of rotatable bonds is 4. The molecule has 3 fully saturated rings.